The zero-order chi connectivity index (χ0) is 11.8. The van der Waals surface area contributed by atoms with Crippen molar-refractivity contribution in [2.45, 2.75) is 13.0 Å². The van der Waals surface area contributed by atoms with Gasteiger partial charge in [0.15, 0.2) is 6.04 Å². The minimum atomic E-state index is -0.979. The zero-order valence-corrected chi connectivity index (χ0v) is 9.04. The molecule has 1 N–H and O–H groups in total. The van der Waals surface area contributed by atoms with E-state index in [0.29, 0.717) is 13.2 Å². The van der Waals surface area contributed by atoms with Gasteiger partial charge in [0.25, 0.3) is 0 Å². The van der Waals surface area contributed by atoms with Crippen molar-refractivity contribution in [3.05, 3.63) is 30.3 Å². The van der Waals surface area contributed by atoms with Crippen molar-refractivity contribution in [2.24, 2.45) is 10.2 Å². The summed E-state index contributed by atoms with van der Waals surface area (Å²) in [6.45, 7) is 2.22. The summed E-state index contributed by atoms with van der Waals surface area (Å²) < 4.78 is 5.35. The number of nitrogens with zero attached hydrogens (tertiary/aromatic N) is 2. The number of hydrogen-bond acceptors (Lipinski definition) is 4. The van der Waals surface area contributed by atoms with Crippen LogP contribution in [0, 0.1) is 0 Å². The molecule has 1 aromatic carbocycles. The minimum absolute atomic E-state index is 0.354. The van der Waals surface area contributed by atoms with Crippen LogP contribution in [-0.4, -0.2) is 30.3 Å². The van der Waals surface area contributed by atoms with Crippen molar-refractivity contribution < 1.29 is 14.6 Å². The van der Waals surface area contributed by atoms with Gasteiger partial charge in [0.05, 0.1) is 6.54 Å². The first kappa shape index (κ1) is 12.2. The van der Waals surface area contributed by atoms with Crippen LogP contribution in [-0.2, 0) is 4.79 Å². The Labute approximate surface area is 93.8 Å². The maximum absolute atomic E-state index is 10.4. The number of aliphatic carboxylic acids is 1. The third kappa shape index (κ3) is 4.54. The van der Waals surface area contributed by atoms with E-state index in [1.807, 2.05) is 30.3 Å². The molecule has 0 aliphatic carbocycles. The number of hydrogen-bond donors (Lipinski definition) is 1. The Morgan fingerprint density at radius 3 is 2.75 bits per heavy atom. The predicted octanol–water partition coefficient (Wildman–Crippen LogP) is 1.99. The molecule has 1 rings (SSSR count). The number of para-hydroxylation sites is 1. The molecule has 0 amide bonds. The molecule has 5 heteroatoms. The molecule has 0 spiro atoms. The molecule has 86 valence electrons. The number of benzene rings is 1. The van der Waals surface area contributed by atoms with E-state index in [1.54, 1.807) is 0 Å². The lowest BCUT2D eigenvalue weighted by Gasteiger charge is -2.02. The molecule has 0 aromatic heterocycles. The van der Waals surface area contributed by atoms with Crippen molar-refractivity contribution >= 4 is 5.97 Å². The van der Waals surface area contributed by atoms with E-state index in [2.05, 4.69) is 10.2 Å². The van der Waals surface area contributed by atoms with Crippen molar-refractivity contribution in [1.82, 2.24) is 0 Å². The smallest absolute Gasteiger partial charge is 0.330 e. The third-order valence-electron chi connectivity index (χ3n) is 1.82. The number of azo groups is 1. The standard InChI is InChI=1S/C11H14N2O3/c1-9(11(14)15)13-12-7-8-16-10-5-3-2-4-6-10/h2-6,9H,7-8H2,1H3,(H,14,15). The predicted molar refractivity (Wildman–Crippen MR) is 58.8 cm³/mol. The normalized spacial score (nSPS) is 12.6. The van der Waals surface area contributed by atoms with Gasteiger partial charge in [-0.3, -0.25) is 0 Å². The van der Waals surface area contributed by atoms with E-state index in [0.717, 1.165) is 5.75 Å². The Morgan fingerprint density at radius 2 is 2.12 bits per heavy atom. The topological polar surface area (TPSA) is 71.2 Å². The van der Waals surface area contributed by atoms with Crippen molar-refractivity contribution in [2.75, 3.05) is 13.2 Å². The molecule has 16 heavy (non-hydrogen) atoms. The van der Waals surface area contributed by atoms with E-state index in [4.69, 9.17) is 9.84 Å². The first-order valence-electron chi connectivity index (χ1n) is 4.97. The monoisotopic (exact) mass is 222 g/mol. The zero-order valence-electron chi connectivity index (χ0n) is 9.04. The molecule has 0 aliphatic rings. The molecular formula is C11H14N2O3. The second-order valence-electron chi connectivity index (χ2n) is 3.16. The Bertz CT molecular complexity index is 352. The lowest BCUT2D eigenvalue weighted by molar-refractivity contribution is -0.138. The molecule has 0 saturated heterocycles. The highest BCUT2D eigenvalue weighted by atomic mass is 16.5. The van der Waals surface area contributed by atoms with Crippen LogP contribution in [0.25, 0.3) is 0 Å². The highest BCUT2D eigenvalue weighted by Crippen LogP contribution is 2.07. The summed E-state index contributed by atoms with van der Waals surface area (Å²) in [5.74, 6) is -0.211. The van der Waals surface area contributed by atoms with Gasteiger partial charge in [0, 0.05) is 0 Å². The van der Waals surface area contributed by atoms with Gasteiger partial charge in [0.1, 0.15) is 12.4 Å². The molecule has 0 bridgehead atoms. The molecule has 1 atom stereocenters. The highest BCUT2D eigenvalue weighted by molar-refractivity contribution is 5.72. The van der Waals surface area contributed by atoms with Gasteiger partial charge in [-0.2, -0.15) is 10.2 Å². The number of rotatable bonds is 6. The van der Waals surface area contributed by atoms with Gasteiger partial charge in [-0.25, -0.2) is 4.79 Å². The van der Waals surface area contributed by atoms with E-state index in [1.165, 1.54) is 6.92 Å². The largest absolute Gasteiger partial charge is 0.492 e. The summed E-state index contributed by atoms with van der Waals surface area (Å²) in [5.41, 5.74) is 0. The number of ether oxygens (including phenoxy) is 1. The fourth-order valence-electron chi connectivity index (χ4n) is 0.951. The van der Waals surface area contributed by atoms with E-state index < -0.39 is 12.0 Å². The van der Waals surface area contributed by atoms with Crippen LogP contribution >= 0.6 is 0 Å². The Hall–Kier alpha value is -1.91. The van der Waals surface area contributed by atoms with Gasteiger partial charge in [-0.1, -0.05) is 18.2 Å². The van der Waals surface area contributed by atoms with Crippen LogP contribution in [0.1, 0.15) is 6.92 Å². The molecule has 5 nitrogen and oxygen atoms in total. The summed E-state index contributed by atoms with van der Waals surface area (Å²) in [6.07, 6.45) is 0. The van der Waals surface area contributed by atoms with Gasteiger partial charge in [0.2, 0.25) is 0 Å². The molecule has 1 unspecified atom stereocenters. The van der Waals surface area contributed by atoms with E-state index in [9.17, 15) is 4.79 Å². The van der Waals surface area contributed by atoms with Crippen molar-refractivity contribution in [3.63, 3.8) is 0 Å². The van der Waals surface area contributed by atoms with Gasteiger partial charge < -0.3 is 9.84 Å². The molecular weight excluding hydrogens is 208 g/mol. The lowest BCUT2D eigenvalue weighted by Crippen LogP contribution is -2.12. The molecule has 0 saturated carbocycles. The van der Waals surface area contributed by atoms with Crippen LogP contribution in [0.3, 0.4) is 0 Å². The second-order valence-corrected chi connectivity index (χ2v) is 3.16. The first-order valence-corrected chi connectivity index (χ1v) is 4.97. The quantitative estimate of drug-likeness (QED) is 0.591. The van der Waals surface area contributed by atoms with Crippen LogP contribution in [0.4, 0.5) is 0 Å². The van der Waals surface area contributed by atoms with Crippen molar-refractivity contribution in [3.8, 4) is 5.75 Å². The maximum atomic E-state index is 10.4. The van der Waals surface area contributed by atoms with Gasteiger partial charge in [-0.15, -0.1) is 0 Å². The summed E-state index contributed by atoms with van der Waals surface area (Å²) in [5, 5.41) is 15.9. The van der Waals surface area contributed by atoms with Gasteiger partial charge in [-0.05, 0) is 19.1 Å². The maximum Gasteiger partial charge on any atom is 0.330 e. The fraction of sp³-hybridized carbons (Fsp3) is 0.364. The SMILES string of the molecule is CC(N=NCCOc1ccccc1)C(=O)O. The number of carbonyl (C=O) groups is 1. The summed E-state index contributed by atoms with van der Waals surface area (Å²) in [6, 6.07) is 8.55. The first-order chi connectivity index (χ1) is 7.70. The van der Waals surface area contributed by atoms with E-state index in [-0.39, 0.29) is 0 Å². The van der Waals surface area contributed by atoms with Gasteiger partial charge >= 0.3 is 5.97 Å². The van der Waals surface area contributed by atoms with Crippen LogP contribution in [0.15, 0.2) is 40.6 Å². The van der Waals surface area contributed by atoms with Crippen LogP contribution in [0.5, 0.6) is 5.75 Å². The number of carboxylic acid groups (broad SMARTS) is 1. The molecule has 0 radical (unpaired) electrons. The molecule has 1 aromatic rings. The molecule has 0 aliphatic heterocycles. The Morgan fingerprint density at radius 1 is 1.44 bits per heavy atom. The lowest BCUT2D eigenvalue weighted by atomic mass is 10.3. The average molecular weight is 222 g/mol. The minimum Gasteiger partial charge on any atom is -0.492 e. The fourth-order valence-corrected chi connectivity index (χ4v) is 0.951. The highest BCUT2D eigenvalue weighted by Gasteiger charge is 2.07. The summed E-state index contributed by atoms with van der Waals surface area (Å²) in [7, 11) is 0. The summed E-state index contributed by atoms with van der Waals surface area (Å²) in [4.78, 5) is 10.4. The van der Waals surface area contributed by atoms with E-state index >= 15 is 0 Å². The Balaban J connectivity index is 2.20. The van der Waals surface area contributed by atoms with Crippen LogP contribution in [0.2, 0.25) is 0 Å². The Kier molecular flexibility index (Phi) is 4.98. The number of carboxylic acids is 1. The average Bonchev–Trinajstić information content (AvgIpc) is 2.29. The van der Waals surface area contributed by atoms with Crippen molar-refractivity contribution in [1.29, 1.82) is 0 Å². The second kappa shape index (κ2) is 6.55. The summed E-state index contributed by atoms with van der Waals surface area (Å²) >= 11 is 0. The van der Waals surface area contributed by atoms with Crippen LogP contribution < -0.4 is 4.74 Å². The molecule has 0 heterocycles. The molecule has 0 fully saturated rings. The third-order valence-corrected chi connectivity index (χ3v) is 1.82.